The quantitative estimate of drug-likeness (QED) is 0.453. The second-order valence-corrected chi connectivity index (χ2v) is 6.63. The smallest absolute Gasteiger partial charge is 0.0491 e. The number of fused-ring (bicyclic) bond motifs is 1. The molecule has 112 valence electrons. The van der Waals surface area contributed by atoms with Crippen molar-refractivity contribution < 1.29 is 0 Å². The monoisotopic (exact) mass is 361 g/mol. The second-order valence-electron chi connectivity index (χ2n) is 5.71. The van der Waals surface area contributed by atoms with E-state index in [9.17, 15) is 0 Å². The van der Waals surface area contributed by atoms with E-state index in [-0.39, 0.29) is 5.92 Å². The molecule has 0 spiro atoms. The van der Waals surface area contributed by atoms with Gasteiger partial charge in [0.15, 0.2) is 0 Å². The van der Waals surface area contributed by atoms with Crippen molar-refractivity contribution in [2.75, 3.05) is 0 Å². The lowest BCUT2D eigenvalue weighted by Gasteiger charge is -2.17. The van der Waals surface area contributed by atoms with Gasteiger partial charge in [0.25, 0.3) is 0 Å². The highest BCUT2D eigenvalue weighted by atomic mass is 79.9. The molecular weight excluding hydrogens is 346 g/mol. The molecule has 0 bridgehead atoms. The summed E-state index contributed by atoms with van der Waals surface area (Å²) in [4.78, 5) is 3.60. The van der Waals surface area contributed by atoms with Crippen LogP contribution in [0.4, 0.5) is 0 Å². The molecule has 0 fully saturated rings. The van der Waals surface area contributed by atoms with Gasteiger partial charge in [-0.3, -0.25) is 0 Å². The Morgan fingerprint density at radius 2 is 1.30 bits per heavy atom. The molecule has 0 aliphatic heterocycles. The van der Waals surface area contributed by atoms with E-state index < -0.39 is 0 Å². The van der Waals surface area contributed by atoms with Crippen LogP contribution in [0.25, 0.3) is 10.9 Å². The van der Waals surface area contributed by atoms with Crippen LogP contribution >= 0.6 is 15.9 Å². The third-order valence-corrected chi connectivity index (χ3v) is 4.67. The highest BCUT2D eigenvalue weighted by Gasteiger charge is 2.18. The van der Waals surface area contributed by atoms with E-state index in [1.165, 1.54) is 27.7 Å². The molecule has 0 saturated carbocycles. The maximum Gasteiger partial charge on any atom is 0.0491 e. The summed E-state index contributed by atoms with van der Waals surface area (Å²) >= 11 is 3.55. The lowest BCUT2D eigenvalue weighted by Crippen LogP contribution is -2.03. The van der Waals surface area contributed by atoms with Crippen molar-refractivity contribution in [3.8, 4) is 0 Å². The Hall–Kier alpha value is -2.32. The largest absolute Gasteiger partial charge is 0.358 e. The van der Waals surface area contributed by atoms with Crippen molar-refractivity contribution in [3.05, 3.63) is 106 Å². The fourth-order valence-electron chi connectivity index (χ4n) is 3.12. The fourth-order valence-corrected chi connectivity index (χ4v) is 3.50. The molecule has 0 aliphatic rings. The van der Waals surface area contributed by atoms with Gasteiger partial charge in [-0.15, -0.1) is 0 Å². The molecule has 0 amide bonds. The Morgan fingerprint density at radius 3 is 1.91 bits per heavy atom. The van der Waals surface area contributed by atoms with E-state index in [1.807, 2.05) is 0 Å². The minimum absolute atomic E-state index is 0.212. The van der Waals surface area contributed by atoms with Crippen LogP contribution in [-0.2, 0) is 0 Å². The number of aromatic nitrogens is 1. The van der Waals surface area contributed by atoms with Gasteiger partial charge < -0.3 is 4.98 Å². The summed E-state index contributed by atoms with van der Waals surface area (Å²) in [5.41, 5.74) is 4.98. The van der Waals surface area contributed by atoms with Gasteiger partial charge in [0.1, 0.15) is 0 Å². The average molecular weight is 362 g/mol. The van der Waals surface area contributed by atoms with Gasteiger partial charge in [-0.05, 0) is 35.4 Å². The summed E-state index contributed by atoms with van der Waals surface area (Å²) < 4.78 is 1.10. The Labute approximate surface area is 144 Å². The summed E-state index contributed by atoms with van der Waals surface area (Å²) in [6.45, 7) is 0. The minimum atomic E-state index is 0.212. The van der Waals surface area contributed by atoms with Gasteiger partial charge in [-0.1, -0.05) is 76.6 Å². The van der Waals surface area contributed by atoms with Crippen molar-refractivity contribution in [2.24, 2.45) is 0 Å². The molecule has 1 N–H and O–H groups in total. The van der Waals surface area contributed by atoms with Crippen molar-refractivity contribution in [2.45, 2.75) is 5.92 Å². The molecule has 1 nitrogen and oxygen atoms in total. The molecular formula is C21H16BrN. The summed E-state index contributed by atoms with van der Waals surface area (Å²) in [6.07, 6.45) is 0. The van der Waals surface area contributed by atoms with E-state index in [2.05, 4.69) is 106 Å². The van der Waals surface area contributed by atoms with E-state index in [0.29, 0.717) is 0 Å². The zero-order valence-electron chi connectivity index (χ0n) is 12.5. The first-order valence-electron chi connectivity index (χ1n) is 7.69. The maximum absolute atomic E-state index is 3.60. The number of benzene rings is 3. The van der Waals surface area contributed by atoms with Gasteiger partial charge >= 0.3 is 0 Å². The Kier molecular flexibility index (Phi) is 3.76. The molecule has 4 aromatic rings. The first-order valence-corrected chi connectivity index (χ1v) is 8.48. The standard InChI is InChI=1S/C21H16BrN/c22-18-11-12-19-17(13-18)14-20(23-19)21(15-7-3-1-4-8-15)16-9-5-2-6-10-16/h1-14,21,23H. The molecule has 2 heteroatoms. The lowest BCUT2D eigenvalue weighted by atomic mass is 9.88. The van der Waals surface area contributed by atoms with Crippen LogP contribution in [0.2, 0.25) is 0 Å². The molecule has 0 atom stereocenters. The predicted octanol–water partition coefficient (Wildman–Crippen LogP) is 6.11. The zero-order chi connectivity index (χ0) is 15.6. The SMILES string of the molecule is Brc1ccc2[nH]c(C(c3ccccc3)c3ccccc3)cc2c1. The topological polar surface area (TPSA) is 15.8 Å². The molecule has 4 rings (SSSR count). The number of halogens is 1. The van der Waals surface area contributed by atoms with Gasteiger partial charge in [0, 0.05) is 27.0 Å². The van der Waals surface area contributed by atoms with Crippen LogP contribution in [0.1, 0.15) is 22.7 Å². The second kappa shape index (κ2) is 6.05. The first kappa shape index (κ1) is 14.3. The Balaban J connectivity index is 1.90. The highest BCUT2D eigenvalue weighted by Crippen LogP contribution is 2.33. The van der Waals surface area contributed by atoms with E-state index in [0.717, 1.165) is 4.47 Å². The third kappa shape index (κ3) is 2.82. The fraction of sp³-hybridized carbons (Fsp3) is 0.0476. The maximum atomic E-state index is 3.60. The van der Waals surface area contributed by atoms with Crippen LogP contribution in [0.5, 0.6) is 0 Å². The van der Waals surface area contributed by atoms with E-state index in [1.54, 1.807) is 0 Å². The molecule has 0 radical (unpaired) electrons. The number of hydrogen-bond acceptors (Lipinski definition) is 0. The van der Waals surface area contributed by atoms with Crippen LogP contribution < -0.4 is 0 Å². The van der Waals surface area contributed by atoms with Crippen LogP contribution in [-0.4, -0.2) is 4.98 Å². The van der Waals surface area contributed by atoms with Crippen molar-refractivity contribution in [3.63, 3.8) is 0 Å². The summed E-state index contributed by atoms with van der Waals surface area (Å²) in [5.74, 6) is 0.212. The summed E-state index contributed by atoms with van der Waals surface area (Å²) in [6, 6.07) is 29.9. The van der Waals surface area contributed by atoms with Gasteiger partial charge in [-0.2, -0.15) is 0 Å². The van der Waals surface area contributed by atoms with Gasteiger partial charge in [0.2, 0.25) is 0 Å². The first-order chi connectivity index (χ1) is 11.3. The molecule has 3 aromatic carbocycles. The highest BCUT2D eigenvalue weighted by molar-refractivity contribution is 9.10. The number of H-pyrrole nitrogens is 1. The summed E-state index contributed by atoms with van der Waals surface area (Å²) in [5, 5.41) is 1.23. The number of nitrogens with one attached hydrogen (secondary N) is 1. The molecule has 0 unspecified atom stereocenters. The predicted molar refractivity (Wildman–Crippen MR) is 99.8 cm³/mol. The van der Waals surface area contributed by atoms with E-state index >= 15 is 0 Å². The minimum Gasteiger partial charge on any atom is -0.358 e. The lowest BCUT2D eigenvalue weighted by molar-refractivity contribution is 0.939. The summed E-state index contributed by atoms with van der Waals surface area (Å²) in [7, 11) is 0. The molecule has 1 aromatic heterocycles. The average Bonchev–Trinajstić information content (AvgIpc) is 2.99. The third-order valence-electron chi connectivity index (χ3n) is 4.18. The van der Waals surface area contributed by atoms with Crippen LogP contribution in [0.15, 0.2) is 89.4 Å². The number of hydrogen-bond donors (Lipinski definition) is 1. The molecule has 23 heavy (non-hydrogen) atoms. The Bertz CT molecular complexity index is 886. The van der Waals surface area contributed by atoms with Gasteiger partial charge in [-0.25, -0.2) is 0 Å². The van der Waals surface area contributed by atoms with Crippen LogP contribution in [0, 0.1) is 0 Å². The van der Waals surface area contributed by atoms with Gasteiger partial charge in [0.05, 0.1) is 0 Å². The van der Waals surface area contributed by atoms with E-state index in [4.69, 9.17) is 0 Å². The van der Waals surface area contributed by atoms with Crippen molar-refractivity contribution in [1.29, 1.82) is 0 Å². The van der Waals surface area contributed by atoms with Crippen molar-refractivity contribution in [1.82, 2.24) is 4.98 Å². The van der Waals surface area contributed by atoms with Crippen LogP contribution in [0.3, 0.4) is 0 Å². The Morgan fingerprint density at radius 1 is 0.696 bits per heavy atom. The molecule has 1 heterocycles. The normalized spacial score (nSPS) is 11.2. The molecule has 0 saturated heterocycles. The van der Waals surface area contributed by atoms with Crippen molar-refractivity contribution >= 4 is 26.8 Å². The zero-order valence-corrected chi connectivity index (χ0v) is 14.1. The number of rotatable bonds is 3. The molecule has 0 aliphatic carbocycles. The number of aromatic amines is 1.